The Morgan fingerprint density at radius 2 is 2.04 bits per heavy atom. The summed E-state index contributed by atoms with van der Waals surface area (Å²) in [6.45, 7) is 5.79. The lowest BCUT2D eigenvalue weighted by molar-refractivity contribution is -0.136. The number of carbonyl (C=O) groups is 1. The number of carbonyl (C=O) groups excluding carboxylic acids is 1. The largest absolute Gasteiger partial charge is 0.335 e. The van der Waals surface area contributed by atoms with Crippen molar-refractivity contribution in [1.82, 2.24) is 30.4 Å². The highest BCUT2D eigenvalue weighted by Crippen LogP contribution is 2.13. The molecule has 1 aliphatic heterocycles. The zero-order valence-corrected chi connectivity index (χ0v) is 14.0. The fourth-order valence-corrected chi connectivity index (χ4v) is 2.63. The number of aromatic nitrogens is 4. The number of amides is 1. The van der Waals surface area contributed by atoms with Gasteiger partial charge in [-0.3, -0.25) is 4.79 Å². The van der Waals surface area contributed by atoms with Crippen LogP contribution < -0.4 is 5.32 Å². The highest BCUT2D eigenvalue weighted by atomic mass is 35.5. The molecule has 0 bridgehead atoms. The zero-order valence-electron chi connectivity index (χ0n) is 13.2. The minimum absolute atomic E-state index is 0. The molecule has 2 aromatic rings. The molecule has 0 radical (unpaired) electrons. The first kappa shape index (κ1) is 17.4. The molecule has 1 saturated heterocycles. The van der Waals surface area contributed by atoms with E-state index in [0.29, 0.717) is 18.4 Å². The average Bonchev–Trinajstić information content (AvgIpc) is 2.99. The van der Waals surface area contributed by atoms with Crippen molar-refractivity contribution in [3.05, 3.63) is 30.3 Å². The summed E-state index contributed by atoms with van der Waals surface area (Å²) in [4.78, 5) is 15.7. The zero-order chi connectivity index (χ0) is 15.5. The molecular formula is C15H21ClN6O. The molecule has 2 heterocycles. The maximum absolute atomic E-state index is 12.4. The number of benzene rings is 1. The first-order valence-corrected chi connectivity index (χ1v) is 7.51. The van der Waals surface area contributed by atoms with Gasteiger partial charge in [-0.15, -0.1) is 22.6 Å². The van der Waals surface area contributed by atoms with Crippen molar-refractivity contribution in [3.8, 4) is 11.4 Å². The number of halogens is 1. The third-order valence-electron chi connectivity index (χ3n) is 4.12. The molecule has 1 aliphatic rings. The van der Waals surface area contributed by atoms with Crippen molar-refractivity contribution in [1.29, 1.82) is 0 Å². The second kappa shape index (κ2) is 7.52. The molecule has 23 heavy (non-hydrogen) atoms. The summed E-state index contributed by atoms with van der Waals surface area (Å²) >= 11 is 0. The van der Waals surface area contributed by atoms with E-state index in [0.717, 1.165) is 12.1 Å². The van der Waals surface area contributed by atoms with Gasteiger partial charge in [0.15, 0.2) is 0 Å². The molecule has 2 atom stereocenters. The number of tetrazole rings is 1. The summed E-state index contributed by atoms with van der Waals surface area (Å²) in [5.41, 5.74) is 0.894. The maximum atomic E-state index is 12.4. The molecule has 1 fully saturated rings. The summed E-state index contributed by atoms with van der Waals surface area (Å²) < 4.78 is 0. The lowest BCUT2D eigenvalue weighted by atomic mass is 10.1. The summed E-state index contributed by atoms with van der Waals surface area (Å²) in [7, 11) is 0. The summed E-state index contributed by atoms with van der Waals surface area (Å²) in [6, 6.07) is 10.1. The quantitative estimate of drug-likeness (QED) is 0.904. The standard InChI is InChI=1S/C15H20N6O.ClH/c1-11-12(2)20(9-8-16-11)14(22)10-21-18-15(17-19-21)13-6-4-3-5-7-13;/h3-7,11-12,16H,8-10H2,1-2H3;1H. The predicted octanol–water partition coefficient (Wildman–Crippen LogP) is 0.971. The third kappa shape index (κ3) is 3.86. The molecule has 0 saturated carbocycles. The van der Waals surface area contributed by atoms with Crippen molar-refractivity contribution in [2.24, 2.45) is 0 Å². The number of hydrogen-bond acceptors (Lipinski definition) is 5. The van der Waals surface area contributed by atoms with Crippen molar-refractivity contribution < 1.29 is 4.79 Å². The van der Waals surface area contributed by atoms with Crippen LogP contribution in [0.2, 0.25) is 0 Å². The summed E-state index contributed by atoms with van der Waals surface area (Å²) in [5.74, 6) is 0.563. The minimum Gasteiger partial charge on any atom is -0.335 e. The molecule has 8 heteroatoms. The minimum atomic E-state index is 0. The van der Waals surface area contributed by atoms with Crippen LogP contribution in [-0.4, -0.2) is 56.2 Å². The van der Waals surface area contributed by atoms with E-state index in [1.54, 1.807) is 0 Å². The molecule has 1 amide bonds. The molecule has 1 aromatic heterocycles. The smallest absolute Gasteiger partial charge is 0.246 e. The maximum Gasteiger partial charge on any atom is 0.246 e. The van der Waals surface area contributed by atoms with Gasteiger partial charge in [-0.2, -0.15) is 4.80 Å². The van der Waals surface area contributed by atoms with E-state index in [-0.39, 0.29) is 30.9 Å². The van der Waals surface area contributed by atoms with Crippen LogP contribution in [0.4, 0.5) is 0 Å². The van der Waals surface area contributed by atoms with Gasteiger partial charge in [-0.1, -0.05) is 30.3 Å². The molecular weight excluding hydrogens is 316 g/mol. The van der Waals surface area contributed by atoms with E-state index >= 15 is 0 Å². The van der Waals surface area contributed by atoms with Crippen LogP contribution in [0.5, 0.6) is 0 Å². The van der Waals surface area contributed by atoms with Crippen LogP contribution in [0.3, 0.4) is 0 Å². The Labute approximate surface area is 141 Å². The van der Waals surface area contributed by atoms with E-state index in [1.807, 2.05) is 35.2 Å². The second-order valence-corrected chi connectivity index (χ2v) is 5.58. The topological polar surface area (TPSA) is 75.9 Å². The number of piperazine rings is 1. The van der Waals surface area contributed by atoms with Crippen molar-refractivity contribution >= 4 is 18.3 Å². The highest BCUT2D eigenvalue weighted by molar-refractivity contribution is 5.85. The highest BCUT2D eigenvalue weighted by Gasteiger charge is 2.28. The molecule has 1 aromatic carbocycles. The first-order valence-electron chi connectivity index (χ1n) is 7.51. The van der Waals surface area contributed by atoms with Crippen molar-refractivity contribution in [2.45, 2.75) is 32.5 Å². The lowest BCUT2D eigenvalue weighted by Crippen LogP contribution is -2.57. The van der Waals surface area contributed by atoms with Crippen LogP contribution >= 0.6 is 12.4 Å². The second-order valence-electron chi connectivity index (χ2n) is 5.58. The molecule has 0 spiro atoms. The Balaban J connectivity index is 0.00000192. The Kier molecular flexibility index (Phi) is 5.68. The molecule has 2 unspecified atom stereocenters. The van der Waals surface area contributed by atoms with E-state index in [1.165, 1.54) is 4.80 Å². The third-order valence-corrected chi connectivity index (χ3v) is 4.12. The average molecular weight is 337 g/mol. The molecule has 3 rings (SSSR count). The number of nitrogens with zero attached hydrogens (tertiary/aromatic N) is 5. The van der Waals surface area contributed by atoms with Gasteiger partial charge in [0, 0.05) is 30.7 Å². The van der Waals surface area contributed by atoms with Gasteiger partial charge in [0.25, 0.3) is 0 Å². The Morgan fingerprint density at radius 1 is 1.30 bits per heavy atom. The van der Waals surface area contributed by atoms with Gasteiger partial charge in [0.05, 0.1) is 0 Å². The number of hydrogen-bond donors (Lipinski definition) is 1. The predicted molar refractivity (Wildman–Crippen MR) is 89.1 cm³/mol. The summed E-state index contributed by atoms with van der Waals surface area (Å²) in [6.07, 6.45) is 0. The van der Waals surface area contributed by atoms with Gasteiger partial charge in [-0.05, 0) is 19.1 Å². The van der Waals surface area contributed by atoms with E-state index < -0.39 is 0 Å². The van der Waals surface area contributed by atoms with Gasteiger partial charge >= 0.3 is 0 Å². The molecule has 124 valence electrons. The Bertz CT molecular complexity index is 646. The SMILES string of the molecule is CC1NCCN(C(=O)Cn2nnc(-c3ccccc3)n2)C1C.Cl. The number of nitrogens with one attached hydrogen (secondary N) is 1. The normalized spacial score (nSPS) is 20.9. The van der Waals surface area contributed by atoms with Crippen molar-refractivity contribution in [3.63, 3.8) is 0 Å². The van der Waals surface area contributed by atoms with Gasteiger partial charge < -0.3 is 10.2 Å². The van der Waals surface area contributed by atoms with Gasteiger partial charge in [0.1, 0.15) is 6.54 Å². The van der Waals surface area contributed by atoms with Crippen LogP contribution in [0.25, 0.3) is 11.4 Å². The molecule has 0 aliphatic carbocycles. The summed E-state index contributed by atoms with van der Waals surface area (Å²) in [5, 5.41) is 15.7. The number of rotatable bonds is 3. The van der Waals surface area contributed by atoms with E-state index in [2.05, 4.69) is 34.6 Å². The molecule has 1 N–H and O–H groups in total. The van der Waals surface area contributed by atoms with Gasteiger partial charge in [-0.25, -0.2) is 0 Å². The fourth-order valence-electron chi connectivity index (χ4n) is 2.63. The lowest BCUT2D eigenvalue weighted by Gasteiger charge is -2.38. The van der Waals surface area contributed by atoms with Gasteiger partial charge in [0.2, 0.25) is 11.7 Å². The van der Waals surface area contributed by atoms with E-state index in [4.69, 9.17) is 0 Å². The monoisotopic (exact) mass is 336 g/mol. The Hall–Kier alpha value is -1.99. The first-order chi connectivity index (χ1) is 10.6. The Morgan fingerprint density at radius 3 is 2.78 bits per heavy atom. The van der Waals surface area contributed by atoms with E-state index in [9.17, 15) is 4.79 Å². The fraction of sp³-hybridized carbons (Fsp3) is 0.467. The van der Waals surface area contributed by atoms with Crippen LogP contribution in [0.15, 0.2) is 30.3 Å². The molecule has 7 nitrogen and oxygen atoms in total. The van der Waals surface area contributed by atoms with Crippen LogP contribution in [-0.2, 0) is 11.3 Å². The van der Waals surface area contributed by atoms with Crippen LogP contribution in [0.1, 0.15) is 13.8 Å². The van der Waals surface area contributed by atoms with Crippen LogP contribution in [0, 0.1) is 0 Å². The van der Waals surface area contributed by atoms with Crippen molar-refractivity contribution in [2.75, 3.05) is 13.1 Å².